The van der Waals surface area contributed by atoms with E-state index in [9.17, 15) is 9.59 Å². The molecular formula is C32H33NO8. The van der Waals surface area contributed by atoms with Crippen molar-refractivity contribution in [1.29, 1.82) is 0 Å². The minimum absolute atomic E-state index is 0.0943. The van der Waals surface area contributed by atoms with E-state index in [1.807, 2.05) is 38.1 Å². The van der Waals surface area contributed by atoms with Gasteiger partial charge < -0.3 is 33.0 Å². The van der Waals surface area contributed by atoms with Gasteiger partial charge >= 0.3 is 5.63 Å². The summed E-state index contributed by atoms with van der Waals surface area (Å²) in [6.07, 6.45) is 0.616. The smallest absolute Gasteiger partial charge is 0.339 e. The highest BCUT2D eigenvalue weighted by Crippen LogP contribution is 2.40. The summed E-state index contributed by atoms with van der Waals surface area (Å²) in [7, 11) is 3.17. The van der Waals surface area contributed by atoms with E-state index in [1.54, 1.807) is 49.5 Å². The molecule has 9 nitrogen and oxygen atoms in total. The normalized spacial score (nSPS) is 14.3. The Morgan fingerprint density at radius 1 is 0.854 bits per heavy atom. The molecule has 2 heterocycles. The maximum atomic E-state index is 14.1. The summed E-state index contributed by atoms with van der Waals surface area (Å²) < 4.78 is 34.2. The number of fused-ring (bicyclic) bond motifs is 2. The van der Waals surface area contributed by atoms with Crippen molar-refractivity contribution in [1.82, 2.24) is 4.90 Å². The number of hydrogen-bond donors (Lipinski definition) is 0. The van der Waals surface area contributed by atoms with Crippen LogP contribution in [0.2, 0.25) is 0 Å². The molecule has 0 bridgehead atoms. The van der Waals surface area contributed by atoms with E-state index in [0.29, 0.717) is 71.5 Å². The summed E-state index contributed by atoms with van der Waals surface area (Å²) in [5.41, 5.74) is 2.29. The standard InChI is InChI=1S/C32H33NO8/c1-5-38-26-12-11-21(16-30(26)39-6-2)32(35)33-14-13-20-15-28(36-3)29(37-4)17-23(20)24(33)19-40-27-18-31(34)41-25-10-8-7-9-22(25)27/h7-12,15-18,24H,5-6,13-14,19H2,1-4H3. The molecule has 0 aliphatic carbocycles. The van der Waals surface area contributed by atoms with Gasteiger partial charge in [0.05, 0.1) is 44.9 Å². The highest BCUT2D eigenvalue weighted by atomic mass is 16.5. The van der Waals surface area contributed by atoms with Crippen molar-refractivity contribution in [3.05, 3.63) is 87.8 Å². The highest BCUT2D eigenvalue weighted by molar-refractivity contribution is 5.95. The van der Waals surface area contributed by atoms with Gasteiger partial charge in [0.15, 0.2) is 23.0 Å². The number of benzene rings is 3. The fourth-order valence-electron chi connectivity index (χ4n) is 5.17. The van der Waals surface area contributed by atoms with Crippen LogP contribution < -0.4 is 29.3 Å². The van der Waals surface area contributed by atoms with Crippen LogP contribution >= 0.6 is 0 Å². The van der Waals surface area contributed by atoms with Crippen molar-refractivity contribution >= 4 is 16.9 Å². The number of amides is 1. The molecule has 1 aliphatic rings. The third-order valence-corrected chi connectivity index (χ3v) is 7.06. The average molecular weight is 560 g/mol. The molecule has 0 saturated heterocycles. The summed E-state index contributed by atoms with van der Waals surface area (Å²) in [5, 5.41) is 0.668. The Bertz CT molecular complexity index is 1610. The molecule has 9 heteroatoms. The number of rotatable bonds is 10. The Morgan fingerprint density at radius 2 is 1.59 bits per heavy atom. The maximum absolute atomic E-state index is 14.1. The zero-order valence-electron chi connectivity index (χ0n) is 23.6. The van der Waals surface area contributed by atoms with Gasteiger partial charge in [-0.1, -0.05) is 12.1 Å². The number of carbonyl (C=O) groups excluding carboxylic acids is 1. The topological polar surface area (TPSA) is 96.7 Å². The second kappa shape index (κ2) is 12.2. The monoisotopic (exact) mass is 559 g/mol. The number of carbonyl (C=O) groups is 1. The first-order chi connectivity index (χ1) is 20.0. The lowest BCUT2D eigenvalue weighted by molar-refractivity contribution is 0.0589. The minimum atomic E-state index is -0.514. The number of para-hydroxylation sites is 1. The molecule has 3 aromatic carbocycles. The molecule has 1 aliphatic heterocycles. The van der Waals surface area contributed by atoms with Crippen molar-refractivity contribution in [2.45, 2.75) is 26.3 Å². The quantitative estimate of drug-likeness (QED) is 0.238. The van der Waals surface area contributed by atoms with Gasteiger partial charge in [-0.25, -0.2) is 4.79 Å². The molecule has 5 rings (SSSR count). The SMILES string of the molecule is CCOc1ccc(C(=O)N2CCc3cc(OC)c(OC)cc3C2COc2cc(=O)oc3ccccc23)cc1OCC. The van der Waals surface area contributed by atoms with Gasteiger partial charge in [0.2, 0.25) is 0 Å². The molecule has 1 aromatic heterocycles. The van der Waals surface area contributed by atoms with Gasteiger partial charge in [0.25, 0.3) is 5.91 Å². The Kier molecular flexibility index (Phi) is 8.33. The molecule has 4 aromatic rings. The van der Waals surface area contributed by atoms with Gasteiger partial charge in [-0.3, -0.25) is 4.79 Å². The van der Waals surface area contributed by atoms with E-state index in [-0.39, 0.29) is 12.5 Å². The fraction of sp³-hybridized carbons (Fsp3) is 0.312. The molecule has 0 fully saturated rings. The Hall–Kier alpha value is -4.66. The lowest BCUT2D eigenvalue weighted by Gasteiger charge is -2.37. The Labute approximate surface area is 238 Å². The van der Waals surface area contributed by atoms with Gasteiger partial charge in [-0.05, 0) is 73.9 Å². The van der Waals surface area contributed by atoms with Crippen molar-refractivity contribution in [3.8, 4) is 28.7 Å². The van der Waals surface area contributed by atoms with Gasteiger partial charge in [0.1, 0.15) is 17.9 Å². The molecule has 0 radical (unpaired) electrons. The van der Waals surface area contributed by atoms with Crippen LogP contribution in [0.25, 0.3) is 11.0 Å². The Balaban J connectivity index is 1.54. The minimum Gasteiger partial charge on any atom is -0.493 e. The van der Waals surface area contributed by atoms with Crippen molar-refractivity contribution in [2.24, 2.45) is 0 Å². The van der Waals surface area contributed by atoms with E-state index in [0.717, 1.165) is 11.1 Å². The zero-order valence-corrected chi connectivity index (χ0v) is 23.6. The summed E-state index contributed by atoms with van der Waals surface area (Å²) in [4.78, 5) is 28.1. The summed E-state index contributed by atoms with van der Waals surface area (Å²) in [5.74, 6) is 2.47. The van der Waals surface area contributed by atoms with Crippen molar-refractivity contribution < 1.29 is 32.9 Å². The first-order valence-corrected chi connectivity index (χ1v) is 13.6. The lowest BCUT2D eigenvalue weighted by Crippen LogP contribution is -2.42. The largest absolute Gasteiger partial charge is 0.493 e. The number of nitrogens with zero attached hydrogens (tertiary/aromatic N) is 1. The van der Waals surface area contributed by atoms with Crippen LogP contribution in [0, 0.1) is 0 Å². The summed E-state index contributed by atoms with van der Waals surface area (Å²) >= 11 is 0. The molecule has 41 heavy (non-hydrogen) atoms. The van der Waals surface area contributed by atoms with E-state index in [2.05, 4.69) is 0 Å². The van der Waals surface area contributed by atoms with Gasteiger partial charge in [-0.15, -0.1) is 0 Å². The first kappa shape index (κ1) is 27.9. The van der Waals surface area contributed by atoms with Crippen LogP contribution in [-0.4, -0.2) is 51.4 Å². The summed E-state index contributed by atoms with van der Waals surface area (Å²) in [6, 6.07) is 17.1. The molecule has 1 atom stereocenters. The third kappa shape index (κ3) is 5.66. The predicted octanol–water partition coefficient (Wildman–Crippen LogP) is 5.43. The molecule has 0 saturated carbocycles. The van der Waals surface area contributed by atoms with Crippen LogP contribution in [0.5, 0.6) is 28.7 Å². The van der Waals surface area contributed by atoms with Gasteiger partial charge in [-0.2, -0.15) is 0 Å². The third-order valence-electron chi connectivity index (χ3n) is 7.06. The number of methoxy groups -OCH3 is 2. The molecule has 1 unspecified atom stereocenters. The maximum Gasteiger partial charge on any atom is 0.339 e. The second-order valence-corrected chi connectivity index (χ2v) is 9.43. The second-order valence-electron chi connectivity index (χ2n) is 9.43. The molecular weight excluding hydrogens is 526 g/mol. The molecule has 214 valence electrons. The van der Waals surface area contributed by atoms with Crippen LogP contribution in [0.1, 0.15) is 41.4 Å². The van der Waals surface area contributed by atoms with Crippen molar-refractivity contribution in [3.63, 3.8) is 0 Å². The zero-order chi connectivity index (χ0) is 28.9. The van der Waals surface area contributed by atoms with Crippen LogP contribution in [0.15, 0.2) is 69.9 Å². The van der Waals surface area contributed by atoms with Crippen molar-refractivity contribution in [2.75, 3.05) is 40.6 Å². The average Bonchev–Trinajstić information content (AvgIpc) is 2.99. The molecule has 1 amide bonds. The van der Waals surface area contributed by atoms with Gasteiger partial charge in [0, 0.05) is 12.1 Å². The fourth-order valence-corrected chi connectivity index (χ4v) is 5.17. The van der Waals surface area contributed by atoms with E-state index >= 15 is 0 Å². The Morgan fingerprint density at radius 3 is 2.34 bits per heavy atom. The first-order valence-electron chi connectivity index (χ1n) is 13.6. The van der Waals surface area contributed by atoms with E-state index in [4.69, 9.17) is 28.1 Å². The number of ether oxygens (including phenoxy) is 5. The van der Waals surface area contributed by atoms with Crippen LogP contribution in [0.4, 0.5) is 0 Å². The van der Waals surface area contributed by atoms with E-state index < -0.39 is 11.7 Å². The van der Waals surface area contributed by atoms with Crippen LogP contribution in [0.3, 0.4) is 0 Å². The number of hydrogen-bond acceptors (Lipinski definition) is 8. The predicted molar refractivity (Wildman–Crippen MR) is 154 cm³/mol. The molecule has 0 spiro atoms. The van der Waals surface area contributed by atoms with Crippen LogP contribution in [-0.2, 0) is 6.42 Å². The highest BCUT2D eigenvalue weighted by Gasteiger charge is 2.34. The molecule has 0 N–H and O–H groups in total. The lowest BCUT2D eigenvalue weighted by atomic mass is 9.91. The summed E-state index contributed by atoms with van der Waals surface area (Å²) in [6.45, 7) is 5.24. The van der Waals surface area contributed by atoms with E-state index in [1.165, 1.54) is 6.07 Å².